The summed E-state index contributed by atoms with van der Waals surface area (Å²) in [6, 6.07) is 8.04. The first-order chi connectivity index (χ1) is 7.27. The zero-order chi connectivity index (χ0) is 10.7. The first kappa shape index (κ1) is 11.4. The summed E-state index contributed by atoms with van der Waals surface area (Å²) in [7, 11) is 0. The second kappa shape index (κ2) is 5.33. The van der Waals surface area contributed by atoms with Gasteiger partial charge in [0.05, 0.1) is 6.61 Å². The fraction of sp³-hybridized carbons (Fsp3) is 0.500. The van der Waals surface area contributed by atoms with Crippen molar-refractivity contribution in [3.05, 3.63) is 34.9 Å². The summed E-state index contributed by atoms with van der Waals surface area (Å²) in [4.78, 5) is 0.472. The molecular formula is C12H14BrClO. The molecule has 82 valence electrons. The molecule has 1 heterocycles. The van der Waals surface area contributed by atoms with E-state index in [-0.39, 0.29) is 0 Å². The lowest BCUT2D eigenvalue weighted by Gasteiger charge is -2.16. The minimum absolute atomic E-state index is 0.472. The van der Waals surface area contributed by atoms with Crippen LogP contribution in [-0.4, -0.2) is 18.0 Å². The van der Waals surface area contributed by atoms with Gasteiger partial charge in [0.2, 0.25) is 0 Å². The van der Waals surface area contributed by atoms with Crippen molar-refractivity contribution < 1.29 is 4.74 Å². The van der Waals surface area contributed by atoms with Crippen LogP contribution in [0.3, 0.4) is 0 Å². The van der Waals surface area contributed by atoms with Crippen molar-refractivity contribution in [2.75, 3.05) is 13.2 Å². The normalized spacial score (nSPS) is 22.9. The third-order valence-electron chi connectivity index (χ3n) is 2.85. The SMILES string of the molecule is Clc1ccccc1CC(Br)C1CCOC1. The molecule has 1 saturated heterocycles. The van der Waals surface area contributed by atoms with Crippen molar-refractivity contribution >= 4 is 27.5 Å². The Balaban J connectivity index is 1.99. The number of rotatable bonds is 3. The van der Waals surface area contributed by atoms with E-state index in [4.69, 9.17) is 16.3 Å². The van der Waals surface area contributed by atoms with E-state index < -0.39 is 0 Å². The topological polar surface area (TPSA) is 9.23 Å². The summed E-state index contributed by atoms with van der Waals surface area (Å²) in [6.07, 6.45) is 2.13. The lowest BCUT2D eigenvalue weighted by molar-refractivity contribution is 0.185. The van der Waals surface area contributed by atoms with Crippen molar-refractivity contribution in [1.82, 2.24) is 0 Å². The summed E-state index contributed by atoms with van der Waals surface area (Å²) in [5.74, 6) is 0.626. The molecule has 0 aliphatic carbocycles. The highest BCUT2D eigenvalue weighted by Gasteiger charge is 2.24. The van der Waals surface area contributed by atoms with Crippen LogP contribution < -0.4 is 0 Å². The van der Waals surface area contributed by atoms with E-state index in [1.165, 1.54) is 5.56 Å². The van der Waals surface area contributed by atoms with Gasteiger partial charge in [0, 0.05) is 16.5 Å². The van der Waals surface area contributed by atoms with Gasteiger partial charge in [0.25, 0.3) is 0 Å². The van der Waals surface area contributed by atoms with Gasteiger partial charge in [0.15, 0.2) is 0 Å². The van der Waals surface area contributed by atoms with Crippen molar-refractivity contribution in [2.24, 2.45) is 5.92 Å². The number of halogens is 2. The third kappa shape index (κ3) is 2.96. The summed E-state index contributed by atoms with van der Waals surface area (Å²) < 4.78 is 5.38. The van der Waals surface area contributed by atoms with E-state index in [1.54, 1.807) is 0 Å². The first-order valence-corrected chi connectivity index (χ1v) is 6.52. The van der Waals surface area contributed by atoms with Gasteiger partial charge >= 0.3 is 0 Å². The van der Waals surface area contributed by atoms with Crippen molar-refractivity contribution in [1.29, 1.82) is 0 Å². The molecule has 1 aromatic carbocycles. The van der Waals surface area contributed by atoms with Crippen LogP contribution in [0.2, 0.25) is 5.02 Å². The summed E-state index contributed by atoms with van der Waals surface area (Å²) in [5, 5.41) is 0.862. The lowest BCUT2D eigenvalue weighted by Crippen LogP contribution is -2.17. The molecule has 0 N–H and O–H groups in total. The standard InChI is InChI=1S/C12H14BrClO/c13-11(10-5-6-15-8-10)7-9-3-1-2-4-12(9)14/h1-4,10-11H,5-8H2. The highest BCUT2D eigenvalue weighted by atomic mass is 79.9. The predicted molar refractivity (Wildman–Crippen MR) is 66.8 cm³/mol. The molecule has 1 aliphatic heterocycles. The summed E-state index contributed by atoms with van der Waals surface area (Å²) in [6.45, 7) is 1.77. The molecular weight excluding hydrogens is 275 g/mol. The molecule has 0 amide bonds. The Morgan fingerprint density at radius 3 is 2.93 bits per heavy atom. The van der Waals surface area contributed by atoms with Gasteiger partial charge in [0.1, 0.15) is 0 Å². The molecule has 2 atom stereocenters. The van der Waals surface area contributed by atoms with Crippen LogP contribution in [0.25, 0.3) is 0 Å². The van der Waals surface area contributed by atoms with E-state index in [0.717, 1.165) is 31.1 Å². The molecule has 15 heavy (non-hydrogen) atoms. The molecule has 2 unspecified atom stereocenters. The number of alkyl halides is 1. The first-order valence-electron chi connectivity index (χ1n) is 5.22. The van der Waals surface area contributed by atoms with Crippen LogP contribution in [-0.2, 0) is 11.2 Å². The van der Waals surface area contributed by atoms with Crippen molar-refractivity contribution in [3.8, 4) is 0 Å². The van der Waals surface area contributed by atoms with E-state index in [0.29, 0.717) is 10.7 Å². The average molecular weight is 290 g/mol. The highest BCUT2D eigenvalue weighted by molar-refractivity contribution is 9.09. The van der Waals surface area contributed by atoms with Gasteiger partial charge < -0.3 is 4.74 Å². The van der Waals surface area contributed by atoms with Crippen molar-refractivity contribution in [2.45, 2.75) is 17.7 Å². The zero-order valence-electron chi connectivity index (χ0n) is 8.46. The monoisotopic (exact) mass is 288 g/mol. The van der Waals surface area contributed by atoms with E-state index in [9.17, 15) is 0 Å². The predicted octanol–water partition coefficient (Wildman–Crippen LogP) is 3.68. The number of hydrogen-bond acceptors (Lipinski definition) is 1. The molecule has 1 fully saturated rings. The Morgan fingerprint density at radius 2 is 2.27 bits per heavy atom. The number of benzene rings is 1. The van der Waals surface area contributed by atoms with Gasteiger partial charge in [-0.15, -0.1) is 0 Å². The van der Waals surface area contributed by atoms with Crippen LogP contribution in [0.5, 0.6) is 0 Å². The van der Waals surface area contributed by atoms with Gasteiger partial charge in [-0.3, -0.25) is 0 Å². The fourth-order valence-electron chi connectivity index (χ4n) is 1.88. The Labute approximate surface area is 104 Å². The van der Waals surface area contributed by atoms with Crippen LogP contribution >= 0.6 is 27.5 Å². The minimum Gasteiger partial charge on any atom is -0.381 e. The van der Waals surface area contributed by atoms with Crippen molar-refractivity contribution in [3.63, 3.8) is 0 Å². The van der Waals surface area contributed by atoms with E-state index in [2.05, 4.69) is 22.0 Å². The maximum atomic E-state index is 6.12. The molecule has 0 aromatic heterocycles. The molecule has 0 radical (unpaired) electrons. The molecule has 1 nitrogen and oxygen atoms in total. The molecule has 2 rings (SSSR count). The summed E-state index contributed by atoms with van der Waals surface area (Å²) >= 11 is 9.86. The van der Waals surface area contributed by atoms with E-state index >= 15 is 0 Å². The van der Waals surface area contributed by atoms with Crippen LogP contribution in [0, 0.1) is 5.92 Å². The quantitative estimate of drug-likeness (QED) is 0.771. The maximum absolute atomic E-state index is 6.12. The Kier molecular flexibility index (Phi) is 4.06. The van der Waals surface area contributed by atoms with Gasteiger partial charge in [-0.05, 0) is 30.4 Å². The van der Waals surface area contributed by atoms with E-state index in [1.807, 2.05) is 18.2 Å². The Hall–Kier alpha value is -0.0500. The van der Waals surface area contributed by atoms with Crippen LogP contribution in [0.4, 0.5) is 0 Å². The molecule has 3 heteroatoms. The molecule has 1 aromatic rings. The average Bonchev–Trinajstić information content (AvgIpc) is 2.74. The smallest absolute Gasteiger partial charge is 0.0505 e. The van der Waals surface area contributed by atoms with Gasteiger partial charge in [-0.2, -0.15) is 0 Å². The largest absolute Gasteiger partial charge is 0.381 e. The fourth-order valence-corrected chi connectivity index (χ4v) is 2.86. The molecule has 0 bridgehead atoms. The second-order valence-electron chi connectivity index (χ2n) is 3.94. The third-order valence-corrected chi connectivity index (χ3v) is 4.29. The Bertz CT molecular complexity index is 323. The molecule has 1 aliphatic rings. The van der Waals surface area contributed by atoms with Gasteiger partial charge in [-0.1, -0.05) is 45.7 Å². The molecule has 0 saturated carbocycles. The second-order valence-corrected chi connectivity index (χ2v) is 5.52. The van der Waals surface area contributed by atoms with Gasteiger partial charge in [-0.25, -0.2) is 0 Å². The highest BCUT2D eigenvalue weighted by Crippen LogP contribution is 2.27. The molecule has 0 spiro atoms. The lowest BCUT2D eigenvalue weighted by atomic mass is 9.99. The number of hydrogen-bond donors (Lipinski definition) is 0. The van der Waals surface area contributed by atoms with Crippen LogP contribution in [0.1, 0.15) is 12.0 Å². The Morgan fingerprint density at radius 1 is 1.47 bits per heavy atom. The van der Waals surface area contributed by atoms with Crippen LogP contribution in [0.15, 0.2) is 24.3 Å². The number of ether oxygens (including phenoxy) is 1. The zero-order valence-corrected chi connectivity index (χ0v) is 10.8. The maximum Gasteiger partial charge on any atom is 0.0505 e. The summed E-state index contributed by atoms with van der Waals surface area (Å²) in [5.41, 5.74) is 1.22. The minimum atomic E-state index is 0.472.